The van der Waals surface area contributed by atoms with Gasteiger partial charge >= 0.3 is 6.61 Å². The van der Waals surface area contributed by atoms with Gasteiger partial charge in [0.25, 0.3) is 0 Å². The van der Waals surface area contributed by atoms with Crippen LogP contribution in [0.5, 0.6) is 5.75 Å². The van der Waals surface area contributed by atoms with Gasteiger partial charge in [0, 0.05) is 17.1 Å². The van der Waals surface area contributed by atoms with Crippen LogP contribution in [0, 0.1) is 0 Å². The Hall–Kier alpha value is -1.11. The van der Waals surface area contributed by atoms with E-state index < -0.39 is 18.6 Å². The first kappa shape index (κ1) is 15.9. The van der Waals surface area contributed by atoms with Crippen LogP contribution in [0.4, 0.5) is 8.78 Å². The topological polar surface area (TPSA) is 64.4 Å². The van der Waals surface area contributed by atoms with Crippen molar-refractivity contribution in [2.45, 2.75) is 26.1 Å². The Morgan fingerprint density at radius 3 is 2.63 bits per heavy atom. The molecular weight excluding hydrogens is 301 g/mol. The average molecular weight is 313 g/mol. The summed E-state index contributed by atoms with van der Waals surface area (Å²) in [6, 6.07) is 1.94. The molecule has 0 aromatic heterocycles. The number of alkyl halides is 2. The number of ether oxygens (including phenoxy) is 1. The summed E-state index contributed by atoms with van der Waals surface area (Å²) in [6.45, 7) is -1.60. The van der Waals surface area contributed by atoms with Gasteiger partial charge in [0.1, 0.15) is 5.75 Å². The van der Waals surface area contributed by atoms with Gasteiger partial charge in [-0.1, -0.05) is 23.2 Å². The Kier molecular flexibility index (Phi) is 5.78. The molecule has 8 heteroatoms. The molecule has 0 saturated carbocycles. The van der Waals surface area contributed by atoms with E-state index in [4.69, 9.17) is 28.9 Å². The lowest BCUT2D eigenvalue weighted by Crippen LogP contribution is -2.37. The number of rotatable bonds is 5. The van der Waals surface area contributed by atoms with Gasteiger partial charge < -0.3 is 15.8 Å². The normalized spacial score (nSPS) is 12.4. The minimum atomic E-state index is -3.03. The lowest BCUT2D eigenvalue weighted by Gasteiger charge is -2.14. The standard InChI is InChI=1S/C11H12Cl2F2N2O2/c1-5(16)10(18)17-4-6-2-7(12)3-8(13)9(6)19-11(14)15/h2-3,5,11H,4,16H2,1H3,(H,17,18)/t5-/m1/s1. The predicted molar refractivity (Wildman–Crippen MR) is 68.6 cm³/mol. The van der Waals surface area contributed by atoms with Crippen molar-refractivity contribution in [3.63, 3.8) is 0 Å². The fraction of sp³-hybridized carbons (Fsp3) is 0.364. The minimum Gasteiger partial charge on any atom is -0.433 e. The molecule has 0 aliphatic rings. The molecule has 0 radical (unpaired) electrons. The molecule has 0 saturated heterocycles. The first-order chi connectivity index (χ1) is 8.81. The number of halogens is 4. The summed E-state index contributed by atoms with van der Waals surface area (Å²) in [5.74, 6) is -0.648. The van der Waals surface area contributed by atoms with E-state index in [9.17, 15) is 13.6 Å². The van der Waals surface area contributed by atoms with Crippen molar-refractivity contribution in [2.24, 2.45) is 5.73 Å². The number of hydrogen-bond donors (Lipinski definition) is 2. The van der Waals surface area contributed by atoms with Gasteiger partial charge in [0.2, 0.25) is 5.91 Å². The molecule has 0 spiro atoms. The summed E-state index contributed by atoms with van der Waals surface area (Å²) in [7, 11) is 0. The highest BCUT2D eigenvalue weighted by Gasteiger charge is 2.16. The molecule has 0 aliphatic heterocycles. The summed E-state index contributed by atoms with van der Waals surface area (Å²) in [4.78, 5) is 11.3. The molecule has 4 nitrogen and oxygen atoms in total. The zero-order valence-corrected chi connectivity index (χ0v) is 11.4. The van der Waals surface area contributed by atoms with E-state index in [1.807, 2.05) is 0 Å². The number of nitrogens with two attached hydrogens (primary N) is 1. The number of carbonyl (C=O) groups excluding carboxylic acids is 1. The lowest BCUT2D eigenvalue weighted by molar-refractivity contribution is -0.122. The molecule has 1 rings (SSSR count). The van der Waals surface area contributed by atoms with E-state index in [2.05, 4.69) is 10.1 Å². The first-order valence-corrected chi connectivity index (χ1v) is 6.03. The average Bonchev–Trinajstić information content (AvgIpc) is 2.29. The summed E-state index contributed by atoms with van der Waals surface area (Å²) < 4.78 is 28.9. The van der Waals surface area contributed by atoms with Crippen LogP contribution in [0.25, 0.3) is 0 Å². The molecule has 0 aliphatic carbocycles. The third kappa shape index (κ3) is 4.81. The molecule has 0 unspecified atom stereocenters. The largest absolute Gasteiger partial charge is 0.433 e. The maximum absolute atomic E-state index is 12.3. The Bertz CT molecular complexity index is 470. The fourth-order valence-electron chi connectivity index (χ4n) is 1.31. The van der Waals surface area contributed by atoms with Crippen molar-refractivity contribution in [1.82, 2.24) is 5.32 Å². The highest BCUT2D eigenvalue weighted by atomic mass is 35.5. The zero-order chi connectivity index (χ0) is 14.6. The molecule has 106 valence electrons. The fourth-order valence-corrected chi connectivity index (χ4v) is 1.89. The van der Waals surface area contributed by atoms with Gasteiger partial charge in [-0.25, -0.2) is 0 Å². The summed E-state index contributed by atoms with van der Waals surface area (Å²) in [6.07, 6.45) is 0. The molecular formula is C11H12Cl2F2N2O2. The van der Waals surface area contributed by atoms with Crippen molar-refractivity contribution in [3.05, 3.63) is 27.7 Å². The van der Waals surface area contributed by atoms with E-state index >= 15 is 0 Å². The van der Waals surface area contributed by atoms with Crippen molar-refractivity contribution in [3.8, 4) is 5.75 Å². The second-order valence-corrected chi connectivity index (χ2v) is 4.60. The molecule has 0 fully saturated rings. The van der Waals surface area contributed by atoms with Gasteiger partial charge in [-0.05, 0) is 19.1 Å². The number of hydrogen-bond acceptors (Lipinski definition) is 3. The number of nitrogens with one attached hydrogen (secondary N) is 1. The molecule has 19 heavy (non-hydrogen) atoms. The summed E-state index contributed by atoms with van der Waals surface area (Å²) in [5.41, 5.74) is 5.61. The molecule has 1 atom stereocenters. The number of benzene rings is 1. The van der Waals surface area contributed by atoms with E-state index in [-0.39, 0.29) is 27.9 Å². The van der Waals surface area contributed by atoms with Gasteiger partial charge in [-0.3, -0.25) is 4.79 Å². The molecule has 0 heterocycles. The van der Waals surface area contributed by atoms with Gasteiger partial charge in [-0.15, -0.1) is 0 Å². The zero-order valence-electron chi connectivity index (χ0n) is 9.92. The molecule has 1 aromatic carbocycles. The van der Waals surface area contributed by atoms with E-state index in [0.717, 1.165) is 0 Å². The van der Waals surface area contributed by atoms with Gasteiger partial charge in [0.05, 0.1) is 11.1 Å². The van der Waals surface area contributed by atoms with Crippen molar-refractivity contribution >= 4 is 29.1 Å². The highest BCUT2D eigenvalue weighted by Crippen LogP contribution is 2.33. The smallest absolute Gasteiger partial charge is 0.387 e. The van der Waals surface area contributed by atoms with Crippen LogP contribution in [0.1, 0.15) is 12.5 Å². The number of amides is 1. The molecule has 1 amide bonds. The number of carbonyl (C=O) groups is 1. The summed E-state index contributed by atoms with van der Waals surface area (Å²) >= 11 is 11.5. The Balaban J connectivity index is 2.94. The predicted octanol–water partition coefficient (Wildman–Crippen LogP) is 2.56. The van der Waals surface area contributed by atoms with Crippen LogP contribution in [-0.2, 0) is 11.3 Å². The molecule has 3 N–H and O–H groups in total. The Labute approximate surface area is 118 Å². The summed E-state index contributed by atoms with van der Waals surface area (Å²) in [5, 5.41) is 2.65. The van der Waals surface area contributed by atoms with Gasteiger partial charge in [0.15, 0.2) is 0 Å². The van der Waals surface area contributed by atoms with Crippen LogP contribution in [-0.4, -0.2) is 18.6 Å². The van der Waals surface area contributed by atoms with E-state index in [1.54, 1.807) is 0 Å². The van der Waals surface area contributed by atoms with Crippen LogP contribution < -0.4 is 15.8 Å². The Morgan fingerprint density at radius 2 is 2.11 bits per heavy atom. The molecule has 0 bridgehead atoms. The third-order valence-corrected chi connectivity index (χ3v) is 2.66. The molecule has 1 aromatic rings. The second-order valence-electron chi connectivity index (χ2n) is 3.76. The third-order valence-electron chi connectivity index (χ3n) is 2.16. The maximum atomic E-state index is 12.3. The van der Waals surface area contributed by atoms with Crippen molar-refractivity contribution in [2.75, 3.05) is 0 Å². The minimum absolute atomic E-state index is 0.0576. The lowest BCUT2D eigenvalue weighted by atomic mass is 10.2. The van der Waals surface area contributed by atoms with Crippen LogP contribution >= 0.6 is 23.2 Å². The highest BCUT2D eigenvalue weighted by molar-refractivity contribution is 6.35. The van der Waals surface area contributed by atoms with E-state index in [0.29, 0.717) is 0 Å². The quantitative estimate of drug-likeness (QED) is 0.878. The van der Waals surface area contributed by atoms with Crippen molar-refractivity contribution < 1.29 is 18.3 Å². The SMILES string of the molecule is C[C@@H](N)C(=O)NCc1cc(Cl)cc(Cl)c1OC(F)F. The van der Waals surface area contributed by atoms with Crippen molar-refractivity contribution in [1.29, 1.82) is 0 Å². The Morgan fingerprint density at radius 1 is 1.47 bits per heavy atom. The first-order valence-electron chi connectivity index (χ1n) is 5.27. The second kappa shape index (κ2) is 6.88. The van der Waals surface area contributed by atoms with Gasteiger partial charge in [-0.2, -0.15) is 8.78 Å². The van der Waals surface area contributed by atoms with Crippen LogP contribution in [0.2, 0.25) is 10.0 Å². The van der Waals surface area contributed by atoms with Crippen LogP contribution in [0.3, 0.4) is 0 Å². The van der Waals surface area contributed by atoms with E-state index in [1.165, 1.54) is 19.1 Å². The maximum Gasteiger partial charge on any atom is 0.387 e. The monoisotopic (exact) mass is 312 g/mol. The van der Waals surface area contributed by atoms with Crippen LogP contribution in [0.15, 0.2) is 12.1 Å².